The van der Waals surface area contributed by atoms with E-state index < -0.39 is 24.3 Å². The molecule has 2 atom stereocenters. The van der Waals surface area contributed by atoms with Gasteiger partial charge in [-0.15, -0.1) is 0 Å². The Hall–Kier alpha value is -4.31. The Morgan fingerprint density at radius 2 is 0.814 bits per heavy atom. The highest BCUT2D eigenvalue weighted by Gasteiger charge is 2.21. The Morgan fingerprint density at radius 3 is 1.21 bits per heavy atom. The number of rotatable bonds is 48. The molecule has 0 aliphatic carbocycles. The van der Waals surface area contributed by atoms with Gasteiger partial charge in [0.1, 0.15) is 13.2 Å². The van der Waals surface area contributed by atoms with Crippen molar-refractivity contribution in [2.24, 2.45) is 0 Å². The van der Waals surface area contributed by atoms with Crippen molar-refractivity contribution in [2.45, 2.75) is 200 Å². The number of esters is 2. The van der Waals surface area contributed by atoms with Gasteiger partial charge >= 0.3 is 11.9 Å². The molecule has 0 bridgehead atoms. The number of carbonyl (C=O) groups is 3. The number of hydrogen-bond donors (Lipinski definition) is 0. The topological polar surface area (TPSA) is 111 Å². The smallest absolute Gasteiger partial charge is 0.306 e. The molecule has 0 heterocycles. The maximum Gasteiger partial charge on any atom is 0.306 e. The zero-order chi connectivity index (χ0) is 51.3. The van der Waals surface area contributed by atoms with E-state index >= 15 is 0 Å². The number of allylic oxidation sites excluding steroid dienone is 20. The van der Waals surface area contributed by atoms with Crippen molar-refractivity contribution in [2.75, 3.05) is 47.5 Å². The van der Waals surface area contributed by atoms with E-state index in [0.29, 0.717) is 23.9 Å². The summed E-state index contributed by atoms with van der Waals surface area (Å²) >= 11 is 0. The number of carboxylic acid groups (broad SMARTS) is 1. The lowest BCUT2D eigenvalue weighted by Gasteiger charge is -2.26. The maximum atomic E-state index is 12.8. The molecule has 0 radical (unpaired) electrons. The van der Waals surface area contributed by atoms with E-state index in [1.165, 1.54) is 32.1 Å². The Morgan fingerprint density at radius 1 is 0.443 bits per heavy atom. The third-order valence-corrected chi connectivity index (χ3v) is 10.9. The van der Waals surface area contributed by atoms with Crippen molar-refractivity contribution in [3.05, 3.63) is 122 Å². The van der Waals surface area contributed by atoms with Crippen LogP contribution in [-0.4, -0.2) is 82.3 Å². The summed E-state index contributed by atoms with van der Waals surface area (Å²) in [4.78, 5) is 37.2. The van der Waals surface area contributed by atoms with E-state index in [1.807, 2.05) is 21.1 Å². The number of ether oxygens (including phenoxy) is 4. The first-order chi connectivity index (χ1) is 34.1. The van der Waals surface area contributed by atoms with Crippen LogP contribution in [0.3, 0.4) is 0 Å². The van der Waals surface area contributed by atoms with E-state index in [-0.39, 0.29) is 38.6 Å². The highest BCUT2D eigenvalue weighted by molar-refractivity contribution is 5.70. The van der Waals surface area contributed by atoms with Gasteiger partial charge in [-0.25, -0.2) is 0 Å². The normalized spacial score (nSPS) is 13.8. The zero-order valence-electron chi connectivity index (χ0n) is 44.8. The SMILES string of the molecule is CC/C=C\C/C=C\C/C=C\C/C=C\C/C=C\C/C=C\C/C=C\C/C=C\CCCCCCC(=O)OC(COC(=O)CCCCCCC/C=C\C/C=C\CCCCCC)COC(OCC[N+](C)(C)C)C(=O)[O-]. The summed E-state index contributed by atoms with van der Waals surface area (Å²) in [6.45, 7) is 4.54. The zero-order valence-corrected chi connectivity index (χ0v) is 44.8. The van der Waals surface area contributed by atoms with Crippen LogP contribution >= 0.6 is 0 Å². The number of likely N-dealkylation sites (N-methyl/N-ethyl adjacent to an activating group) is 1. The first-order valence-corrected chi connectivity index (χ1v) is 27.2. The molecule has 0 saturated heterocycles. The standard InChI is InChI=1S/C61H99NO8/c1-6-8-10-12-14-16-18-20-22-24-25-26-27-28-29-30-31-32-33-34-35-36-38-40-42-44-46-48-50-52-59(64)70-57(56-69-61(60(65)66)67-54-53-62(3,4)5)55-68-58(63)51-49-47-45-43-41-39-37-23-21-19-17-15-13-11-9-7-2/h8,10,14,16-17,19-20,22-23,25-26,28-29,31-32,34-35,37-38,40,57,61H,6-7,9,11-13,15,18,21,24,27,30,33,36,39,41-56H2,1-5H3/b10-8-,16-14-,19-17-,22-20-,26-25-,29-28-,32-31-,35-34-,37-23-,40-38-. The lowest BCUT2D eigenvalue weighted by atomic mass is 10.1. The van der Waals surface area contributed by atoms with Crippen LogP contribution in [0.2, 0.25) is 0 Å². The third kappa shape index (κ3) is 51.5. The molecule has 0 saturated carbocycles. The van der Waals surface area contributed by atoms with E-state index in [4.69, 9.17) is 18.9 Å². The predicted molar refractivity (Wildman–Crippen MR) is 292 cm³/mol. The van der Waals surface area contributed by atoms with Gasteiger partial charge in [-0.2, -0.15) is 0 Å². The second-order valence-electron chi connectivity index (χ2n) is 18.8. The van der Waals surface area contributed by atoms with Crippen LogP contribution < -0.4 is 5.11 Å². The molecule has 0 fully saturated rings. The number of nitrogens with zero attached hydrogens (tertiary/aromatic N) is 1. The fourth-order valence-corrected chi connectivity index (χ4v) is 6.76. The van der Waals surface area contributed by atoms with Gasteiger partial charge in [-0.05, 0) is 109 Å². The number of aliphatic carboxylic acids is 1. The van der Waals surface area contributed by atoms with Gasteiger partial charge in [0, 0.05) is 12.8 Å². The van der Waals surface area contributed by atoms with Crippen molar-refractivity contribution < 1.29 is 42.9 Å². The lowest BCUT2D eigenvalue weighted by Crippen LogP contribution is -2.44. The van der Waals surface area contributed by atoms with Crippen molar-refractivity contribution in [1.29, 1.82) is 0 Å². The van der Waals surface area contributed by atoms with Gasteiger partial charge in [0.25, 0.3) is 0 Å². The molecule has 0 aliphatic rings. The average Bonchev–Trinajstić information content (AvgIpc) is 3.33. The van der Waals surface area contributed by atoms with E-state index in [0.717, 1.165) is 116 Å². The number of carboxylic acids is 1. The highest BCUT2D eigenvalue weighted by Crippen LogP contribution is 2.12. The maximum absolute atomic E-state index is 12.8. The minimum atomic E-state index is -1.64. The largest absolute Gasteiger partial charge is 0.545 e. The molecule has 0 spiro atoms. The molecule has 0 amide bonds. The first-order valence-electron chi connectivity index (χ1n) is 27.2. The lowest BCUT2D eigenvalue weighted by molar-refractivity contribution is -0.870. The van der Waals surface area contributed by atoms with Gasteiger partial charge < -0.3 is 33.3 Å². The second-order valence-corrected chi connectivity index (χ2v) is 18.8. The number of unbranched alkanes of at least 4 members (excludes halogenated alkanes) is 13. The summed E-state index contributed by atoms with van der Waals surface area (Å²) in [6.07, 6.45) is 68.1. The number of hydrogen-bond acceptors (Lipinski definition) is 8. The second kappa shape index (κ2) is 51.1. The number of quaternary nitrogens is 1. The molecule has 70 heavy (non-hydrogen) atoms. The summed E-state index contributed by atoms with van der Waals surface area (Å²) < 4.78 is 22.6. The Bertz CT molecular complexity index is 1560. The van der Waals surface area contributed by atoms with Gasteiger partial charge in [-0.1, -0.05) is 187 Å². The highest BCUT2D eigenvalue weighted by atomic mass is 16.7. The molecule has 0 N–H and O–H groups in total. The van der Waals surface area contributed by atoms with Crippen LogP contribution in [0.5, 0.6) is 0 Å². The van der Waals surface area contributed by atoms with Crippen LogP contribution in [0.25, 0.3) is 0 Å². The van der Waals surface area contributed by atoms with Gasteiger partial charge in [0.15, 0.2) is 12.4 Å². The van der Waals surface area contributed by atoms with E-state index in [1.54, 1.807) is 0 Å². The van der Waals surface area contributed by atoms with Crippen molar-refractivity contribution in [1.82, 2.24) is 0 Å². The minimum absolute atomic E-state index is 0.133. The van der Waals surface area contributed by atoms with Crippen LogP contribution in [0.15, 0.2) is 122 Å². The summed E-state index contributed by atoms with van der Waals surface area (Å²) in [7, 11) is 5.89. The number of carbonyl (C=O) groups excluding carboxylic acids is 3. The summed E-state index contributed by atoms with van der Waals surface area (Å²) in [5.41, 5.74) is 0. The molecule has 0 rings (SSSR count). The van der Waals surface area contributed by atoms with Crippen LogP contribution in [0.4, 0.5) is 0 Å². The Labute approximate surface area is 427 Å². The van der Waals surface area contributed by atoms with Crippen molar-refractivity contribution in [3.8, 4) is 0 Å². The molecule has 0 aromatic carbocycles. The van der Waals surface area contributed by atoms with Crippen molar-refractivity contribution >= 4 is 17.9 Å². The van der Waals surface area contributed by atoms with E-state index in [2.05, 4.69) is 135 Å². The van der Waals surface area contributed by atoms with Crippen molar-refractivity contribution in [3.63, 3.8) is 0 Å². The third-order valence-electron chi connectivity index (χ3n) is 10.9. The quantitative estimate of drug-likeness (QED) is 0.0195. The Kier molecular flexibility index (Phi) is 47.9. The van der Waals surface area contributed by atoms with Gasteiger partial charge in [0.2, 0.25) is 0 Å². The molecular formula is C61H99NO8. The molecule has 9 nitrogen and oxygen atoms in total. The molecular weight excluding hydrogens is 875 g/mol. The fourth-order valence-electron chi connectivity index (χ4n) is 6.76. The fraction of sp³-hybridized carbons (Fsp3) is 0.623. The molecule has 0 aromatic rings. The molecule has 2 unspecified atom stereocenters. The van der Waals surface area contributed by atoms with Crippen LogP contribution in [0, 0.1) is 0 Å². The monoisotopic (exact) mass is 974 g/mol. The average molecular weight is 974 g/mol. The molecule has 0 aliphatic heterocycles. The van der Waals surface area contributed by atoms with E-state index in [9.17, 15) is 19.5 Å². The Balaban J connectivity index is 4.40. The van der Waals surface area contributed by atoms with Gasteiger partial charge in [0.05, 0.1) is 40.3 Å². The minimum Gasteiger partial charge on any atom is -0.545 e. The van der Waals surface area contributed by atoms with Crippen LogP contribution in [-0.2, 0) is 33.3 Å². The predicted octanol–water partition coefficient (Wildman–Crippen LogP) is 14.4. The molecule has 396 valence electrons. The summed E-state index contributed by atoms with van der Waals surface area (Å²) in [6, 6.07) is 0. The summed E-state index contributed by atoms with van der Waals surface area (Å²) in [5.74, 6) is -2.35. The summed E-state index contributed by atoms with van der Waals surface area (Å²) in [5, 5.41) is 11.7. The molecule has 9 heteroatoms. The van der Waals surface area contributed by atoms with Crippen LogP contribution in [0.1, 0.15) is 187 Å². The molecule has 0 aromatic heterocycles. The first kappa shape index (κ1) is 65.7. The van der Waals surface area contributed by atoms with Gasteiger partial charge in [-0.3, -0.25) is 9.59 Å².